The zero-order valence-corrected chi connectivity index (χ0v) is 27.3. The van der Waals surface area contributed by atoms with Crippen LogP contribution in [-0.2, 0) is 29.4 Å². The number of pyridine rings is 1. The molecule has 0 spiro atoms. The molecule has 264 valence electrons. The molecule has 14 heteroatoms. The molecule has 2 aliphatic heterocycles. The Labute approximate surface area is 282 Å². The minimum Gasteiger partial charge on any atom is -0.493 e. The lowest BCUT2D eigenvalue weighted by molar-refractivity contribution is -0.167. The van der Waals surface area contributed by atoms with Gasteiger partial charge in [0.15, 0.2) is 5.78 Å². The number of carbonyl (C=O) groups excluding carboxylic acids is 2. The van der Waals surface area contributed by atoms with Crippen LogP contribution in [0.1, 0.15) is 40.4 Å². The molecule has 50 heavy (non-hydrogen) atoms. The number of ether oxygens (including phenoxy) is 2. The first-order valence-electron chi connectivity index (χ1n) is 16.0. The van der Waals surface area contributed by atoms with E-state index >= 15 is 8.78 Å². The molecule has 1 N–H and O–H groups in total. The zero-order valence-electron chi connectivity index (χ0n) is 27.3. The van der Waals surface area contributed by atoms with Crippen LogP contribution in [-0.4, -0.2) is 60.9 Å². The lowest BCUT2D eigenvalue weighted by Crippen LogP contribution is -2.53. The summed E-state index contributed by atoms with van der Waals surface area (Å²) in [4.78, 5) is 40.4. The summed E-state index contributed by atoms with van der Waals surface area (Å²) in [5.74, 6) is -4.62. The number of hydrogen-bond acceptors (Lipinski definition) is 6. The fraction of sp³-hybridized carbons (Fsp3) is 0.361. The number of aromatic nitrogens is 1. The zero-order chi connectivity index (χ0) is 36.1. The number of nitrogens with zero attached hydrogens (tertiary/aromatic N) is 2. The third-order valence-corrected chi connectivity index (χ3v) is 9.37. The fourth-order valence-corrected chi connectivity index (χ4v) is 6.78. The highest BCUT2D eigenvalue weighted by Gasteiger charge is 2.46. The highest BCUT2D eigenvalue weighted by Crippen LogP contribution is 2.40. The highest BCUT2D eigenvalue weighted by atomic mass is 19.4. The van der Waals surface area contributed by atoms with E-state index in [1.165, 1.54) is 29.7 Å². The van der Waals surface area contributed by atoms with Crippen LogP contribution in [0.15, 0.2) is 47.3 Å². The molecule has 0 saturated carbocycles. The number of hydrogen-bond donors (Lipinski definition) is 1. The molecule has 0 unspecified atom stereocenters. The van der Waals surface area contributed by atoms with Gasteiger partial charge in [-0.05, 0) is 73.7 Å². The molecular formula is C36H33F6N3O5. The second-order valence-corrected chi connectivity index (χ2v) is 12.5. The molecule has 0 bridgehead atoms. The van der Waals surface area contributed by atoms with Crippen molar-refractivity contribution in [3.8, 4) is 16.9 Å². The van der Waals surface area contributed by atoms with Crippen molar-refractivity contribution < 1.29 is 45.4 Å². The second-order valence-electron chi connectivity index (χ2n) is 12.5. The van der Waals surface area contributed by atoms with Crippen LogP contribution in [0, 0.1) is 24.4 Å². The van der Waals surface area contributed by atoms with Gasteiger partial charge >= 0.3 is 6.18 Å². The molecule has 4 aromatic rings. The molecule has 8 nitrogen and oxygen atoms in total. The maximum atomic E-state index is 15.3. The molecule has 1 fully saturated rings. The van der Waals surface area contributed by atoms with Gasteiger partial charge < -0.3 is 24.3 Å². The molecule has 3 aromatic carbocycles. The molecule has 3 heterocycles. The third-order valence-electron chi connectivity index (χ3n) is 9.37. The van der Waals surface area contributed by atoms with Crippen molar-refractivity contribution in [2.75, 3.05) is 31.3 Å². The summed E-state index contributed by atoms with van der Waals surface area (Å²) in [5.41, 5.74) is 1.41. The lowest BCUT2D eigenvalue weighted by atomic mass is 9.88. The Kier molecular flexibility index (Phi) is 9.42. The number of aryl methyl sites for hydroxylation is 2. The molecule has 2 atom stereocenters. The third kappa shape index (κ3) is 6.43. The number of morpholine rings is 1. The maximum absolute atomic E-state index is 15.3. The number of nitrogens with one attached hydrogen (secondary N) is 1. The Hall–Kier alpha value is -4.85. The first kappa shape index (κ1) is 35.0. The maximum Gasteiger partial charge on any atom is 0.411 e. The summed E-state index contributed by atoms with van der Waals surface area (Å²) >= 11 is 0. The van der Waals surface area contributed by atoms with Gasteiger partial charge in [-0.25, -0.2) is 13.2 Å². The summed E-state index contributed by atoms with van der Waals surface area (Å²) < 4.78 is 97.9. The van der Waals surface area contributed by atoms with Gasteiger partial charge in [0.2, 0.25) is 0 Å². The monoisotopic (exact) mass is 701 g/mol. The molecule has 0 aliphatic carbocycles. The van der Waals surface area contributed by atoms with Crippen molar-refractivity contribution in [1.82, 2.24) is 9.88 Å². The van der Waals surface area contributed by atoms with Gasteiger partial charge in [0.25, 0.3) is 11.5 Å². The summed E-state index contributed by atoms with van der Waals surface area (Å²) in [7, 11) is 1.59. The number of halogens is 6. The van der Waals surface area contributed by atoms with Crippen molar-refractivity contribution in [3.63, 3.8) is 0 Å². The van der Waals surface area contributed by atoms with E-state index < -0.39 is 65.3 Å². The highest BCUT2D eigenvalue weighted by molar-refractivity contribution is 5.98. The van der Waals surface area contributed by atoms with Crippen LogP contribution in [0.25, 0.3) is 22.0 Å². The number of carbonyl (C=O) groups is 2. The summed E-state index contributed by atoms with van der Waals surface area (Å²) in [5, 5.41) is 2.94. The molecule has 1 amide bonds. The quantitative estimate of drug-likeness (QED) is 0.240. The number of alkyl halides is 3. The standard InChI is InChI=1S/C36H33F6N3O5/c1-18-25-14-21(37)7-9-29(25)44(3)35(48)31(18)24-8-6-20(23-5-4-11-50-33(23)24)13-28(19(2)46)43-34(47)32-26(38)15-22(16-27(32)39)45-10-12-49-17-30(45)36(40,41)42/h6-9,14-16,28,30H,4-5,10-13,17H2,1-3H3,(H,43,47)/t28-,30+/m0/s1. The van der Waals surface area contributed by atoms with E-state index in [9.17, 15) is 31.9 Å². The largest absolute Gasteiger partial charge is 0.493 e. The van der Waals surface area contributed by atoms with Crippen LogP contribution in [0.2, 0.25) is 0 Å². The number of amides is 1. The number of rotatable bonds is 7. The van der Waals surface area contributed by atoms with Crippen molar-refractivity contribution in [1.29, 1.82) is 0 Å². The fourth-order valence-electron chi connectivity index (χ4n) is 6.78. The van der Waals surface area contributed by atoms with Crippen molar-refractivity contribution in [3.05, 3.63) is 92.5 Å². The predicted molar refractivity (Wildman–Crippen MR) is 173 cm³/mol. The van der Waals surface area contributed by atoms with E-state index in [0.29, 0.717) is 76.1 Å². The SMILES string of the molecule is CC(=O)[C@H](Cc1ccc(-c2c(C)c3cc(F)ccc3n(C)c2=O)c2c1CCCO2)NC(=O)c1c(F)cc(N2CCOC[C@@H]2C(F)(F)F)cc1F. The molecule has 1 saturated heterocycles. The predicted octanol–water partition coefficient (Wildman–Crippen LogP) is 5.95. The normalized spacial score (nSPS) is 16.9. The van der Waals surface area contributed by atoms with E-state index in [2.05, 4.69) is 5.32 Å². The van der Waals surface area contributed by atoms with Gasteiger partial charge in [-0.3, -0.25) is 14.4 Å². The van der Waals surface area contributed by atoms with E-state index in [1.54, 1.807) is 26.1 Å². The number of ketones is 1. The Bertz CT molecular complexity index is 2060. The van der Waals surface area contributed by atoms with Crippen LogP contribution in [0.4, 0.5) is 32.0 Å². The first-order valence-corrected chi connectivity index (χ1v) is 16.0. The Morgan fingerprint density at radius 3 is 2.44 bits per heavy atom. The number of anilines is 1. The van der Waals surface area contributed by atoms with Gasteiger partial charge in [0.05, 0.1) is 36.9 Å². The van der Waals surface area contributed by atoms with Crippen molar-refractivity contribution in [2.45, 2.75) is 51.4 Å². The molecule has 0 radical (unpaired) electrons. The van der Waals surface area contributed by atoms with E-state index in [1.807, 2.05) is 0 Å². The van der Waals surface area contributed by atoms with Crippen LogP contribution in [0.5, 0.6) is 5.75 Å². The van der Waals surface area contributed by atoms with Gasteiger partial charge in [-0.1, -0.05) is 12.1 Å². The number of fused-ring (bicyclic) bond motifs is 2. The first-order chi connectivity index (χ1) is 23.7. The molecular weight excluding hydrogens is 668 g/mol. The topological polar surface area (TPSA) is 89.9 Å². The van der Waals surface area contributed by atoms with Gasteiger partial charge in [-0.2, -0.15) is 13.2 Å². The van der Waals surface area contributed by atoms with Crippen molar-refractivity contribution in [2.24, 2.45) is 7.05 Å². The summed E-state index contributed by atoms with van der Waals surface area (Å²) in [6, 6.07) is 5.46. The summed E-state index contributed by atoms with van der Waals surface area (Å²) in [6.07, 6.45) is -3.70. The Morgan fingerprint density at radius 1 is 1.04 bits per heavy atom. The molecule has 1 aromatic heterocycles. The minimum atomic E-state index is -4.73. The Morgan fingerprint density at radius 2 is 1.76 bits per heavy atom. The van der Waals surface area contributed by atoms with E-state index in [-0.39, 0.29) is 25.1 Å². The lowest BCUT2D eigenvalue weighted by Gasteiger charge is -2.38. The minimum absolute atomic E-state index is 0.0880. The van der Waals surface area contributed by atoms with E-state index in [0.717, 1.165) is 4.90 Å². The van der Waals surface area contributed by atoms with Crippen LogP contribution >= 0.6 is 0 Å². The van der Waals surface area contributed by atoms with Crippen LogP contribution < -0.4 is 20.5 Å². The summed E-state index contributed by atoms with van der Waals surface area (Å²) in [6.45, 7) is 2.19. The molecule has 2 aliphatic rings. The molecule has 6 rings (SSSR count). The second kappa shape index (κ2) is 13.5. The van der Waals surface area contributed by atoms with Crippen LogP contribution in [0.3, 0.4) is 0 Å². The number of Topliss-reactive ketones (excluding diaryl/α,β-unsaturated/α-hetero) is 1. The average Bonchev–Trinajstić information content (AvgIpc) is 3.07. The van der Waals surface area contributed by atoms with Gasteiger partial charge in [0, 0.05) is 36.7 Å². The van der Waals surface area contributed by atoms with Gasteiger partial charge in [0.1, 0.15) is 34.8 Å². The number of benzene rings is 3. The average molecular weight is 702 g/mol. The van der Waals surface area contributed by atoms with Crippen molar-refractivity contribution >= 4 is 28.3 Å². The van der Waals surface area contributed by atoms with E-state index in [4.69, 9.17) is 9.47 Å². The van der Waals surface area contributed by atoms with Gasteiger partial charge in [-0.15, -0.1) is 0 Å². The Balaban J connectivity index is 1.31. The smallest absolute Gasteiger partial charge is 0.411 e.